The topological polar surface area (TPSA) is 67.4 Å². The van der Waals surface area contributed by atoms with Gasteiger partial charge in [0.2, 0.25) is 5.91 Å². The first kappa shape index (κ1) is 25.1. The normalized spacial score (nSPS) is 11.5. The molecule has 0 bridgehead atoms. The van der Waals surface area contributed by atoms with E-state index in [1.165, 1.54) is 11.8 Å². The van der Waals surface area contributed by atoms with Crippen LogP contribution in [0.3, 0.4) is 0 Å². The second-order valence-corrected chi connectivity index (χ2v) is 9.85. The summed E-state index contributed by atoms with van der Waals surface area (Å²) < 4.78 is 5.16. The Morgan fingerprint density at radius 2 is 1.39 bits per heavy atom. The van der Waals surface area contributed by atoms with E-state index in [2.05, 4.69) is 10.6 Å². The van der Waals surface area contributed by atoms with Crippen LogP contribution in [-0.4, -0.2) is 18.9 Å². The van der Waals surface area contributed by atoms with Gasteiger partial charge < -0.3 is 15.4 Å². The lowest BCUT2D eigenvalue weighted by Gasteiger charge is -2.18. The number of thioether (sulfide) groups is 1. The lowest BCUT2D eigenvalue weighted by Crippen LogP contribution is -2.19. The van der Waals surface area contributed by atoms with E-state index in [0.717, 1.165) is 26.9 Å². The minimum atomic E-state index is -0.491. The third-order valence-corrected chi connectivity index (χ3v) is 7.30. The van der Waals surface area contributed by atoms with Crippen molar-refractivity contribution >= 4 is 45.7 Å². The van der Waals surface area contributed by atoms with Crippen LogP contribution in [-0.2, 0) is 4.79 Å². The van der Waals surface area contributed by atoms with Gasteiger partial charge in [-0.1, -0.05) is 66.7 Å². The molecule has 0 spiro atoms. The molecule has 5 nitrogen and oxygen atoms in total. The van der Waals surface area contributed by atoms with E-state index in [9.17, 15) is 9.59 Å². The highest BCUT2D eigenvalue weighted by Crippen LogP contribution is 2.37. The molecule has 0 aliphatic heterocycles. The molecule has 0 aliphatic carbocycles. The van der Waals surface area contributed by atoms with Gasteiger partial charge in [0.1, 0.15) is 11.0 Å². The first-order valence-electron chi connectivity index (χ1n) is 12.2. The number of hydrogen-bond acceptors (Lipinski definition) is 4. The highest BCUT2D eigenvalue weighted by molar-refractivity contribution is 8.00. The summed E-state index contributed by atoms with van der Waals surface area (Å²) in [5, 5.41) is 7.72. The van der Waals surface area contributed by atoms with E-state index >= 15 is 0 Å². The average molecular weight is 519 g/mol. The second kappa shape index (κ2) is 11.7. The highest BCUT2D eigenvalue weighted by atomic mass is 32.2. The van der Waals surface area contributed by atoms with E-state index in [4.69, 9.17) is 4.74 Å². The number of carbonyl (C=O) groups excluding carboxylic acids is 2. The van der Waals surface area contributed by atoms with Gasteiger partial charge in [-0.3, -0.25) is 9.59 Å². The standard InChI is InChI=1S/C32H26N2O3S/c1-37-28-18-15-24(16-19-28)31(35)33-26-12-7-13-29(21-26)38-30(23-9-3-2-4-10-23)32(36)34-27-17-14-22-8-5-6-11-25(22)20-27/h2-21,30H,1H3,(H,33,35)(H,34,36). The van der Waals surface area contributed by atoms with Crippen molar-refractivity contribution in [1.29, 1.82) is 0 Å². The molecule has 5 aromatic carbocycles. The Balaban J connectivity index is 1.35. The third kappa shape index (κ3) is 6.05. The van der Waals surface area contributed by atoms with Gasteiger partial charge in [0.15, 0.2) is 0 Å². The molecule has 0 radical (unpaired) electrons. The van der Waals surface area contributed by atoms with Crippen LogP contribution in [0, 0.1) is 0 Å². The second-order valence-electron chi connectivity index (χ2n) is 8.67. The van der Waals surface area contributed by atoms with E-state index in [0.29, 0.717) is 17.0 Å². The summed E-state index contributed by atoms with van der Waals surface area (Å²) in [5.74, 6) is 0.349. The molecule has 0 fully saturated rings. The summed E-state index contributed by atoms with van der Waals surface area (Å²) in [6, 6.07) is 38.1. The van der Waals surface area contributed by atoms with Crippen molar-refractivity contribution in [2.45, 2.75) is 10.1 Å². The van der Waals surface area contributed by atoms with Crippen molar-refractivity contribution in [3.8, 4) is 5.75 Å². The molecule has 6 heteroatoms. The molecule has 0 saturated heterocycles. The number of fused-ring (bicyclic) bond motifs is 1. The van der Waals surface area contributed by atoms with Gasteiger partial charge in [0.25, 0.3) is 5.91 Å². The van der Waals surface area contributed by atoms with E-state index in [1.807, 2.05) is 97.1 Å². The molecule has 1 unspecified atom stereocenters. The first-order valence-corrected chi connectivity index (χ1v) is 13.0. The monoisotopic (exact) mass is 518 g/mol. The first-order chi connectivity index (χ1) is 18.6. The van der Waals surface area contributed by atoms with Crippen molar-refractivity contribution in [1.82, 2.24) is 0 Å². The summed E-state index contributed by atoms with van der Waals surface area (Å²) in [7, 11) is 1.59. The lowest BCUT2D eigenvalue weighted by atomic mass is 10.1. The number of nitrogens with one attached hydrogen (secondary N) is 2. The number of rotatable bonds is 8. The number of hydrogen-bond donors (Lipinski definition) is 2. The molecule has 5 aromatic rings. The number of carbonyl (C=O) groups is 2. The molecular weight excluding hydrogens is 492 g/mol. The molecule has 2 N–H and O–H groups in total. The number of benzene rings is 5. The van der Waals surface area contributed by atoms with Crippen molar-refractivity contribution < 1.29 is 14.3 Å². The van der Waals surface area contributed by atoms with Crippen LogP contribution in [0.25, 0.3) is 10.8 Å². The Bertz CT molecular complexity index is 1570. The van der Waals surface area contributed by atoms with Crippen molar-refractivity contribution in [3.63, 3.8) is 0 Å². The van der Waals surface area contributed by atoms with Gasteiger partial charge in [0, 0.05) is 21.8 Å². The number of anilines is 2. The van der Waals surface area contributed by atoms with Gasteiger partial charge in [-0.05, 0) is 70.9 Å². The van der Waals surface area contributed by atoms with Gasteiger partial charge in [0.05, 0.1) is 7.11 Å². The summed E-state index contributed by atoms with van der Waals surface area (Å²) in [6.07, 6.45) is 0. The van der Waals surface area contributed by atoms with Crippen molar-refractivity contribution in [2.24, 2.45) is 0 Å². The van der Waals surface area contributed by atoms with Gasteiger partial charge in [-0.15, -0.1) is 11.8 Å². The van der Waals surface area contributed by atoms with Crippen LogP contribution in [0.2, 0.25) is 0 Å². The minimum absolute atomic E-state index is 0.121. The number of methoxy groups -OCH3 is 1. The average Bonchev–Trinajstić information content (AvgIpc) is 2.96. The predicted octanol–water partition coefficient (Wildman–Crippen LogP) is 7.57. The maximum atomic E-state index is 13.5. The van der Waals surface area contributed by atoms with Crippen LogP contribution < -0.4 is 15.4 Å². The fraction of sp³-hybridized carbons (Fsp3) is 0.0625. The number of ether oxygens (including phenoxy) is 1. The Morgan fingerprint density at radius 3 is 2.16 bits per heavy atom. The zero-order chi connectivity index (χ0) is 26.3. The van der Waals surface area contributed by atoms with Crippen LogP contribution >= 0.6 is 11.8 Å². The molecule has 0 aromatic heterocycles. The largest absolute Gasteiger partial charge is 0.497 e. The van der Waals surface area contributed by atoms with Crippen molar-refractivity contribution in [2.75, 3.05) is 17.7 Å². The zero-order valence-corrected chi connectivity index (χ0v) is 21.6. The molecule has 0 saturated carbocycles. The lowest BCUT2D eigenvalue weighted by molar-refractivity contribution is -0.115. The smallest absolute Gasteiger partial charge is 0.255 e. The molecule has 188 valence electrons. The van der Waals surface area contributed by atoms with E-state index in [-0.39, 0.29) is 11.8 Å². The molecule has 0 aliphatic rings. The fourth-order valence-electron chi connectivity index (χ4n) is 4.10. The SMILES string of the molecule is COc1ccc(C(=O)Nc2cccc(SC(C(=O)Nc3ccc4ccccc4c3)c3ccccc3)c2)cc1. The highest BCUT2D eigenvalue weighted by Gasteiger charge is 2.22. The maximum Gasteiger partial charge on any atom is 0.255 e. The van der Waals surface area contributed by atoms with Crippen LogP contribution in [0.4, 0.5) is 11.4 Å². The summed E-state index contributed by atoms with van der Waals surface area (Å²) in [4.78, 5) is 27.2. The Kier molecular flexibility index (Phi) is 7.71. The van der Waals surface area contributed by atoms with E-state index < -0.39 is 5.25 Å². The summed E-state index contributed by atoms with van der Waals surface area (Å²) in [6.45, 7) is 0. The summed E-state index contributed by atoms with van der Waals surface area (Å²) >= 11 is 1.43. The van der Waals surface area contributed by atoms with E-state index in [1.54, 1.807) is 31.4 Å². The molecule has 38 heavy (non-hydrogen) atoms. The third-order valence-electron chi connectivity index (χ3n) is 6.06. The quantitative estimate of drug-likeness (QED) is 0.208. The Hall–Kier alpha value is -4.55. The Morgan fingerprint density at radius 1 is 0.684 bits per heavy atom. The fourth-order valence-corrected chi connectivity index (χ4v) is 5.19. The van der Waals surface area contributed by atoms with Crippen LogP contribution in [0.5, 0.6) is 5.75 Å². The molecule has 2 amide bonds. The van der Waals surface area contributed by atoms with Crippen molar-refractivity contribution in [3.05, 3.63) is 132 Å². The van der Waals surface area contributed by atoms with Crippen LogP contribution in [0.15, 0.2) is 126 Å². The molecule has 5 rings (SSSR count). The van der Waals surface area contributed by atoms with Gasteiger partial charge in [-0.2, -0.15) is 0 Å². The minimum Gasteiger partial charge on any atom is -0.497 e. The molecular formula is C32H26N2O3S. The van der Waals surface area contributed by atoms with Gasteiger partial charge in [-0.25, -0.2) is 0 Å². The summed E-state index contributed by atoms with van der Waals surface area (Å²) in [5.41, 5.74) is 2.82. The number of amides is 2. The molecule has 0 heterocycles. The predicted molar refractivity (Wildman–Crippen MR) is 155 cm³/mol. The molecule has 1 atom stereocenters. The zero-order valence-electron chi connectivity index (χ0n) is 20.8. The maximum absolute atomic E-state index is 13.5. The van der Waals surface area contributed by atoms with Crippen LogP contribution in [0.1, 0.15) is 21.2 Å². The van der Waals surface area contributed by atoms with Gasteiger partial charge >= 0.3 is 0 Å². The Labute approximate surface area is 225 Å².